The average molecular weight is 419 g/mol. The fourth-order valence-corrected chi connectivity index (χ4v) is 4.91. The number of methoxy groups -OCH3 is 1. The first-order valence-corrected chi connectivity index (χ1v) is 11.0. The van der Waals surface area contributed by atoms with Gasteiger partial charge in [0.15, 0.2) is 4.80 Å². The van der Waals surface area contributed by atoms with Crippen LogP contribution in [0.3, 0.4) is 0 Å². The van der Waals surface area contributed by atoms with E-state index >= 15 is 0 Å². The monoisotopic (exact) mass is 418 g/mol. The van der Waals surface area contributed by atoms with Crippen molar-refractivity contribution in [1.29, 1.82) is 0 Å². The van der Waals surface area contributed by atoms with E-state index in [4.69, 9.17) is 4.74 Å². The molecule has 3 rings (SSSR count). The highest BCUT2D eigenvalue weighted by Crippen LogP contribution is 2.30. The summed E-state index contributed by atoms with van der Waals surface area (Å²) < 4.78 is 21.7. The van der Waals surface area contributed by atoms with Gasteiger partial charge < -0.3 is 9.30 Å². The molecular weight excluding hydrogens is 395 g/mol. The van der Waals surface area contributed by atoms with Gasteiger partial charge in [0.2, 0.25) is 5.91 Å². The number of hydrogen-bond acceptors (Lipinski definition) is 4. The topological polar surface area (TPSA) is 43.6 Å². The molecule has 0 saturated carbocycles. The predicted molar refractivity (Wildman–Crippen MR) is 114 cm³/mol. The van der Waals surface area contributed by atoms with Crippen LogP contribution in [0.2, 0.25) is 0 Å². The van der Waals surface area contributed by atoms with Gasteiger partial charge in [-0.15, -0.1) is 11.8 Å². The van der Waals surface area contributed by atoms with Gasteiger partial charge in [-0.3, -0.25) is 4.79 Å². The molecule has 0 N–H and O–H groups in total. The van der Waals surface area contributed by atoms with Gasteiger partial charge in [-0.25, -0.2) is 4.39 Å². The molecule has 28 heavy (non-hydrogen) atoms. The van der Waals surface area contributed by atoms with Crippen LogP contribution in [0, 0.1) is 12.7 Å². The van der Waals surface area contributed by atoms with Crippen molar-refractivity contribution < 1.29 is 13.9 Å². The lowest BCUT2D eigenvalue weighted by molar-refractivity contribution is -0.117. The second-order valence-electron chi connectivity index (χ2n) is 6.36. The van der Waals surface area contributed by atoms with Crippen molar-refractivity contribution >= 4 is 39.2 Å². The zero-order chi connectivity index (χ0) is 20.1. The molecule has 0 bridgehead atoms. The quantitative estimate of drug-likeness (QED) is 0.497. The molecule has 2 aromatic carbocycles. The van der Waals surface area contributed by atoms with Gasteiger partial charge in [-0.2, -0.15) is 4.99 Å². The number of benzene rings is 2. The van der Waals surface area contributed by atoms with Crippen molar-refractivity contribution in [3.63, 3.8) is 0 Å². The van der Waals surface area contributed by atoms with Gasteiger partial charge in [0.25, 0.3) is 0 Å². The number of rotatable bonds is 7. The lowest BCUT2D eigenvalue weighted by atomic mass is 10.2. The first kappa shape index (κ1) is 20.6. The maximum Gasteiger partial charge on any atom is 0.249 e. The smallest absolute Gasteiger partial charge is 0.249 e. The fourth-order valence-electron chi connectivity index (χ4n) is 2.91. The Balaban J connectivity index is 1.83. The maximum absolute atomic E-state index is 13.0. The maximum atomic E-state index is 13.0. The molecule has 0 fully saturated rings. The van der Waals surface area contributed by atoms with Crippen molar-refractivity contribution in [2.75, 3.05) is 12.9 Å². The molecule has 1 heterocycles. The van der Waals surface area contributed by atoms with Gasteiger partial charge in [-0.1, -0.05) is 24.3 Å². The van der Waals surface area contributed by atoms with Gasteiger partial charge in [-0.05, 0) is 49.2 Å². The Morgan fingerprint density at radius 2 is 2.00 bits per heavy atom. The SMILES string of the molecule is CCCn1c(=NC(=O)CCSc2ccc(F)cc2)sc2c(C)ccc(OC)c21. The Morgan fingerprint density at radius 1 is 1.25 bits per heavy atom. The number of hydrogen-bond donors (Lipinski definition) is 0. The Kier molecular flexibility index (Phi) is 6.91. The number of aryl methyl sites for hydroxylation is 2. The fraction of sp³-hybridized carbons (Fsp3) is 0.333. The second kappa shape index (κ2) is 9.39. The summed E-state index contributed by atoms with van der Waals surface area (Å²) >= 11 is 3.05. The first-order chi connectivity index (χ1) is 13.5. The average Bonchev–Trinajstić information content (AvgIpc) is 3.03. The molecule has 0 saturated heterocycles. The minimum absolute atomic E-state index is 0.150. The van der Waals surface area contributed by atoms with E-state index in [-0.39, 0.29) is 11.7 Å². The van der Waals surface area contributed by atoms with Gasteiger partial charge in [0, 0.05) is 23.6 Å². The number of nitrogens with zero attached hydrogens (tertiary/aromatic N) is 2. The lowest BCUT2D eigenvalue weighted by Gasteiger charge is -2.08. The van der Waals surface area contributed by atoms with Crippen LogP contribution in [0.4, 0.5) is 4.39 Å². The molecule has 0 radical (unpaired) electrons. The molecular formula is C21H23FN2O2S2. The summed E-state index contributed by atoms with van der Waals surface area (Å²) in [7, 11) is 1.66. The summed E-state index contributed by atoms with van der Waals surface area (Å²) in [6, 6.07) is 10.3. The third kappa shape index (κ3) is 4.64. The molecule has 0 spiro atoms. The van der Waals surface area contributed by atoms with Gasteiger partial charge >= 0.3 is 0 Å². The van der Waals surface area contributed by atoms with E-state index in [1.807, 2.05) is 12.1 Å². The number of thioether (sulfide) groups is 1. The standard InChI is InChI=1S/C21H23FN2O2S2/c1-4-12-24-19-17(26-3)10-5-14(2)20(19)28-21(24)23-18(25)11-13-27-16-8-6-15(22)7-9-16/h5-10H,4,11-13H2,1-3H3. The summed E-state index contributed by atoms with van der Waals surface area (Å²) in [6.45, 7) is 4.93. The molecule has 1 aromatic heterocycles. The molecule has 0 atom stereocenters. The van der Waals surface area contributed by atoms with Crippen molar-refractivity contribution in [2.45, 2.75) is 38.1 Å². The van der Waals surface area contributed by atoms with Gasteiger partial charge in [0.1, 0.15) is 17.1 Å². The van der Waals surface area contributed by atoms with Crippen molar-refractivity contribution in [3.8, 4) is 5.75 Å². The minimum atomic E-state index is -0.258. The highest BCUT2D eigenvalue weighted by atomic mass is 32.2. The number of fused-ring (bicyclic) bond motifs is 1. The first-order valence-electron chi connectivity index (χ1n) is 9.16. The number of thiazole rings is 1. The molecule has 3 aromatic rings. The lowest BCUT2D eigenvalue weighted by Crippen LogP contribution is -2.17. The Bertz CT molecular complexity index is 1040. The Morgan fingerprint density at radius 3 is 2.68 bits per heavy atom. The van der Waals surface area contributed by atoms with Crippen LogP contribution in [0.5, 0.6) is 5.75 Å². The van der Waals surface area contributed by atoms with E-state index in [0.29, 0.717) is 17.0 Å². The van der Waals surface area contributed by atoms with Crippen molar-refractivity contribution in [1.82, 2.24) is 4.57 Å². The number of carbonyl (C=O) groups excluding carboxylic acids is 1. The highest BCUT2D eigenvalue weighted by Gasteiger charge is 2.14. The highest BCUT2D eigenvalue weighted by molar-refractivity contribution is 7.99. The molecule has 4 nitrogen and oxygen atoms in total. The predicted octanol–water partition coefficient (Wildman–Crippen LogP) is 5.18. The molecule has 7 heteroatoms. The van der Waals surface area contributed by atoms with Crippen molar-refractivity contribution in [3.05, 3.63) is 52.6 Å². The van der Waals surface area contributed by atoms with E-state index in [0.717, 1.165) is 39.4 Å². The number of aromatic nitrogens is 1. The van der Waals surface area contributed by atoms with Crippen LogP contribution in [-0.2, 0) is 11.3 Å². The summed E-state index contributed by atoms with van der Waals surface area (Å²) in [5.41, 5.74) is 2.15. The number of carbonyl (C=O) groups is 1. The summed E-state index contributed by atoms with van der Waals surface area (Å²) in [6.07, 6.45) is 1.27. The molecule has 0 unspecified atom stereocenters. The Labute approximate surface area is 172 Å². The number of halogens is 1. The van der Waals surface area contributed by atoms with Crippen LogP contribution in [0.15, 0.2) is 46.3 Å². The zero-order valence-electron chi connectivity index (χ0n) is 16.2. The molecule has 0 aliphatic rings. The number of amides is 1. The number of ether oxygens (including phenoxy) is 1. The van der Waals surface area contributed by atoms with E-state index in [1.165, 1.54) is 35.2 Å². The third-order valence-electron chi connectivity index (χ3n) is 4.27. The Hall–Kier alpha value is -2.12. The molecule has 1 amide bonds. The largest absolute Gasteiger partial charge is 0.495 e. The van der Waals surface area contributed by atoms with Crippen LogP contribution >= 0.6 is 23.1 Å². The zero-order valence-corrected chi connectivity index (χ0v) is 17.8. The van der Waals surface area contributed by atoms with E-state index in [2.05, 4.69) is 23.4 Å². The molecule has 148 valence electrons. The van der Waals surface area contributed by atoms with Crippen LogP contribution in [0.25, 0.3) is 10.2 Å². The van der Waals surface area contributed by atoms with E-state index in [1.54, 1.807) is 19.2 Å². The normalized spacial score (nSPS) is 11.9. The van der Waals surface area contributed by atoms with Crippen LogP contribution in [-0.4, -0.2) is 23.3 Å². The summed E-state index contributed by atoms with van der Waals surface area (Å²) in [5.74, 6) is 0.995. The van der Waals surface area contributed by atoms with E-state index < -0.39 is 0 Å². The molecule has 0 aliphatic heterocycles. The van der Waals surface area contributed by atoms with E-state index in [9.17, 15) is 9.18 Å². The molecule has 0 aliphatic carbocycles. The summed E-state index contributed by atoms with van der Waals surface area (Å²) in [5, 5.41) is 0. The van der Waals surface area contributed by atoms with Crippen LogP contribution < -0.4 is 9.54 Å². The third-order valence-corrected chi connectivity index (χ3v) is 6.50. The van der Waals surface area contributed by atoms with Crippen LogP contribution in [0.1, 0.15) is 25.3 Å². The van der Waals surface area contributed by atoms with Crippen molar-refractivity contribution in [2.24, 2.45) is 4.99 Å². The summed E-state index contributed by atoms with van der Waals surface area (Å²) in [4.78, 5) is 18.5. The van der Waals surface area contributed by atoms with Gasteiger partial charge in [0.05, 0.1) is 11.8 Å². The second-order valence-corrected chi connectivity index (χ2v) is 8.50. The minimum Gasteiger partial charge on any atom is -0.495 e.